The van der Waals surface area contributed by atoms with Crippen molar-refractivity contribution in [1.29, 1.82) is 0 Å². The Morgan fingerprint density at radius 3 is 2.67 bits per heavy atom. The Labute approximate surface area is 127 Å². The number of rotatable bonds is 2. The number of nitrogens with zero attached hydrogens (tertiary/aromatic N) is 1. The van der Waals surface area contributed by atoms with E-state index in [0.29, 0.717) is 6.42 Å². The summed E-state index contributed by atoms with van der Waals surface area (Å²) < 4.78 is 5.32. The average molecular weight is 290 g/mol. The van der Waals surface area contributed by atoms with E-state index in [0.717, 1.165) is 24.2 Å². The van der Waals surface area contributed by atoms with Gasteiger partial charge in [-0.1, -0.05) is 12.1 Å². The van der Waals surface area contributed by atoms with Gasteiger partial charge < -0.3 is 15.4 Å². The number of ether oxygens (including phenoxy) is 1. The number of benzene rings is 1. The van der Waals surface area contributed by atoms with Gasteiger partial charge in [0.15, 0.2) is 0 Å². The molecule has 2 atom stereocenters. The monoisotopic (exact) mass is 290 g/mol. The zero-order chi connectivity index (χ0) is 15.6. The van der Waals surface area contributed by atoms with E-state index in [4.69, 9.17) is 10.5 Å². The van der Waals surface area contributed by atoms with E-state index in [9.17, 15) is 4.79 Å². The lowest BCUT2D eigenvalue weighted by Gasteiger charge is -2.43. The van der Waals surface area contributed by atoms with E-state index in [2.05, 4.69) is 20.8 Å². The summed E-state index contributed by atoms with van der Waals surface area (Å²) in [5.74, 6) is 0.980. The van der Waals surface area contributed by atoms with Crippen LogP contribution in [-0.4, -0.2) is 29.5 Å². The maximum Gasteiger partial charge on any atom is 0.223 e. The van der Waals surface area contributed by atoms with Crippen LogP contribution in [-0.2, 0) is 4.79 Å². The highest BCUT2D eigenvalue weighted by Gasteiger charge is 2.38. The predicted molar refractivity (Wildman–Crippen MR) is 84.2 cm³/mol. The highest BCUT2D eigenvalue weighted by Crippen LogP contribution is 2.36. The van der Waals surface area contributed by atoms with Crippen molar-refractivity contribution in [3.63, 3.8) is 0 Å². The van der Waals surface area contributed by atoms with Gasteiger partial charge in [-0.2, -0.15) is 0 Å². The van der Waals surface area contributed by atoms with Crippen molar-refractivity contribution in [3.8, 4) is 5.75 Å². The fourth-order valence-corrected chi connectivity index (χ4v) is 3.13. The van der Waals surface area contributed by atoms with Crippen molar-refractivity contribution >= 4 is 5.91 Å². The number of methoxy groups -OCH3 is 1. The van der Waals surface area contributed by atoms with Gasteiger partial charge in [-0.05, 0) is 51.3 Å². The molecule has 21 heavy (non-hydrogen) atoms. The lowest BCUT2D eigenvalue weighted by atomic mass is 9.92. The number of amides is 1. The summed E-state index contributed by atoms with van der Waals surface area (Å²) in [6.45, 7) is 6.20. The number of carbonyl (C=O) groups excluding carboxylic acids is 1. The third kappa shape index (κ3) is 3.38. The molecule has 0 saturated carbocycles. The summed E-state index contributed by atoms with van der Waals surface area (Å²) >= 11 is 0. The van der Waals surface area contributed by atoms with Gasteiger partial charge in [0, 0.05) is 18.0 Å². The van der Waals surface area contributed by atoms with E-state index < -0.39 is 0 Å². The lowest BCUT2D eigenvalue weighted by Crippen LogP contribution is -2.51. The molecule has 0 aromatic heterocycles. The second-order valence-electron chi connectivity index (χ2n) is 6.71. The van der Waals surface area contributed by atoms with Crippen LogP contribution >= 0.6 is 0 Å². The van der Waals surface area contributed by atoms with E-state index in [1.165, 1.54) is 0 Å². The minimum Gasteiger partial charge on any atom is -0.497 e. The maximum absolute atomic E-state index is 12.6. The van der Waals surface area contributed by atoms with Gasteiger partial charge >= 0.3 is 0 Å². The first-order chi connectivity index (χ1) is 9.84. The van der Waals surface area contributed by atoms with Crippen LogP contribution in [0.4, 0.5) is 0 Å². The zero-order valence-corrected chi connectivity index (χ0v) is 13.4. The quantitative estimate of drug-likeness (QED) is 0.911. The molecule has 1 aliphatic heterocycles. The minimum absolute atomic E-state index is 0.0530. The van der Waals surface area contributed by atoms with Gasteiger partial charge in [-0.3, -0.25) is 4.79 Å². The largest absolute Gasteiger partial charge is 0.497 e. The van der Waals surface area contributed by atoms with Crippen molar-refractivity contribution in [2.24, 2.45) is 5.73 Å². The zero-order valence-electron chi connectivity index (χ0n) is 13.4. The van der Waals surface area contributed by atoms with Crippen molar-refractivity contribution in [2.45, 2.75) is 57.7 Å². The Balaban J connectivity index is 2.49. The highest BCUT2D eigenvalue weighted by atomic mass is 16.5. The number of likely N-dealkylation sites (tertiary alicyclic amines) is 1. The normalized spacial score (nSPS) is 23.9. The van der Waals surface area contributed by atoms with Crippen LogP contribution < -0.4 is 10.5 Å². The molecule has 1 aliphatic rings. The number of nitrogens with two attached hydrogens (primary N) is 1. The minimum atomic E-state index is -0.257. The molecule has 1 aromatic carbocycles. The molecule has 2 N–H and O–H groups in total. The summed E-state index contributed by atoms with van der Waals surface area (Å²) in [5.41, 5.74) is 7.21. The Kier molecular flexibility index (Phi) is 4.57. The van der Waals surface area contributed by atoms with Crippen LogP contribution in [0.2, 0.25) is 0 Å². The van der Waals surface area contributed by atoms with E-state index in [1.807, 2.05) is 29.2 Å². The Bertz CT molecular complexity index is 508. The van der Waals surface area contributed by atoms with E-state index in [-0.39, 0.29) is 23.5 Å². The summed E-state index contributed by atoms with van der Waals surface area (Å²) in [6, 6.07) is 7.73. The predicted octanol–water partition coefficient (Wildman–Crippen LogP) is 2.87. The Morgan fingerprint density at radius 2 is 2.05 bits per heavy atom. The third-order valence-electron chi connectivity index (χ3n) is 4.04. The van der Waals surface area contributed by atoms with Gasteiger partial charge in [0.1, 0.15) is 5.75 Å². The summed E-state index contributed by atoms with van der Waals surface area (Å²) in [4.78, 5) is 14.5. The number of carbonyl (C=O) groups is 1. The van der Waals surface area contributed by atoms with Crippen molar-refractivity contribution in [2.75, 3.05) is 7.11 Å². The highest BCUT2D eigenvalue weighted by molar-refractivity contribution is 5.78. The molecule has 4 heteroatoms. The second kappa shape index (κ2) is 6.06. The molecule has 4 nitrogen and oxygen atoms in total. The first-order valence-corrected chi connectivity index (χ1v) is 7.56. The van der Waals surface area contributed by atoms with Crippen LogP contribution in [0.15, 0.2) is 24.3 Å². The van der Waals surface area contributed by atoms with Gasteiger partial charge in [0.25, 0.3) is 0 Å². The third-order valence-corrected chi connectivity index (χ3v) is 4.04. The maximum atomic E-state index is 12.6. The number of hydrogen-bond donors (Lipinski definition) is 1. The van der Waals surface area contributed by atoms with Crippen LogP contribution in [0, 0.1) is 0 Å². The molecule has 1 saturated heterocycles. The summed E-state index contributed by atoms with van der Waals surface area (Å²) in [6.07, 6.45) is 2.29. The van der Waals surface area contributed by atoms with Gasteiger partial charge in [0.05, 0.1) is 13.2 Å². The smallest absolute Gasteiger partial charge is 0.223 e. The molecule has 0 spiro atoms. The average Bonchev–Trinajstić information content (AvgIpc) is 2.57. The molecule has 0 radical (unpaired) electrons. The fourth-order valence-electron chi connectivity index (χ4n) is 3.13. The molecule has 1 aromatic rings. The van der Waals surface area contributed by atoms with Crippen molar-refractivity contribution in [1.82, 2.24) is 4.90 Å². The van der Waals surface area contributed by atoms with Crippen molar-refractivity contribution < 1.29 is 9.53 Å². The standard InChI is InChI=1S/C17H26N2O2/c1-17(2,3)19-15(20)10-6-9-14(18)16(19)12-7-5-8-13(11-12)21-4/h5,7-8,11,14,16H,6,9-10,18H2,1-4H3. The van der Waals surface area contributed by atoms with E-state index >= 15 is 0 Å². The van der Waals surface area contributed by atoms with Crippen LogP contribution in [0.25, 0.3) is 0 Å². The summed E-state index contributed by atoms with van der Waals surface area (Å²) in [7, 11) is 1.65. The Hall–Kier alpha value is -1.55. The topological polar surface area (TPSA) is 55.6 Å². The molecule has 1 heterocycles. The van der Waals surface area contributed by atoms with Crippen LogP contribution in [0.3, 0.4) is 0 Å². The molecule has 116 valence electrons. The Morgan fingerprint density at radius 1 is 1.33 bits per heavy atom. The van der Waals surface area contributed by atoms with Gasteiger partial charge in [0.2, 0.25) is 5.91 Å². The first-order valence-electron chi connectivity index (χ1n) is 7.56. The molecule has 2 unspecified atom stereocenters. The molecule has 1 fully saturated rings. The van der Waals surface area contributed by atoms with Crippen LogP contribution in [0.1, 0.15) is 51.6 Å². The molecule has 0 aliphatic carbocycles. The first kappa shape index (κ1) is 15.8. The number of hydrogen-bond acceptors (Lipinski definition) is 3. The molecular formula is C17H26N2O2. The van der Waals surface area contributed by atoms with Gasteiger partial charge in [-0.25, -0.2) is 0 Å². The van der Waals surface area contributed by atoms with Gasteiger partial charge in [-0.15, -0.1) is 0 Å². The molecular weight excluding hydrogens is 264 g/mol. The van der Waals surface area contributed by atoms with Crippen LogP contribution in [0.5, 0.6) is 5.75 Å². The SMILES string of the molecule is COc1cccc(C2C(N)CCCC(=O)N2C(C)(C)C)c1. The fraction of sp³-hybridized carbons (Fsp3) is 0.588. The van der Waals surface area contributed by atoms with E-state index in [1.54, 1.807) is 7.11 Å². The molecule has 2 rings (SSSR count). The lowest BCUT2D eigenvalue weighted by molar-refractivity contribution is -0.139. The second-order valence-corrected chi connectivity index (χ2v) is 6.71. The molecule has 1 amide bonds. The van der Waals surface area contributed by atoms with Crippen molar-refractivity contribution in [3.05, 3.63) is 29.8 Å². The molecule has 0 bridgehead atoms. The summed E-state index contributed by atoms with van der Waals surface area (Å²) in [5, 5.41) is 0.